The number of ether oxygens (including phenoxy) is 2. The van der Waals surface area contributed by atoms with E-state index in [1.54, 1.807) is 18.2 Å². The third-order valence-electron chi connectivity index (χ3n) is 3.45. The molecule has 8 heteroatoms. The molecule has 0 saturated carbocycles. The predicted octanol–water partition coefficient (Wildman–Crippen LogP) is 0.814. The number of aliphatic carboxylic acids is 1. The molecule has 24 heavy (non-hydrogen) atoms. The number of benzene rings is 1. The summed E-state index contributed by atoms with van der Waals surface area (Å²) in [6, 6.07) is 4.11. The normalized spacial score (nSPS) is 11.3. The van der Waals surface area contributed by atoms with Crippen LogP contribution >= 0.6 is 0 Å². The van der Waals surface area contributed by atoms with Crippen LogP contribution in [0.25, 0.3) is 0 Å². The fourth-order valence-electron chi connectivity index (χ4n) is 2.09. The maximum Gasteiger partial charge on any atom is 0.305 e. The van der Waals surface area contributed by atoms with Crippen molar-refractivity contribution in [3.8, 4) is 11.5 Å². The molecule has 0 bridgehead atoms. The highest BCUT2D eigenvalue weighted by Gasteiger charge is 2.22. The summed E-state index contributed by atoms with van der Waals surface area (Å²) in [5.74, 6) is -0.843. The zero-order chi connectivity index (χ0) is 18.3. The highest BCUT2D eigenvalue weighted by Crippen LogP contribution is 2.31. The number of likely N-dealkylation sites (N-methyl/N-ethyl adjacent to an activating group) is 1. The number of hydrogen-bond donors (Lipinski definition) is 2. The number of carboxylic acids is 1. The summed E-state index contributed by atoms with van der Waals surface area (Å²) < 4.78 is 10.4. The molecular weight excluding hydrogens is 316 g/mol. The van der Waals surface area contributed by atoms with Gasteiger partial charge in [0.1, 0.15) is 11.5 Å². The summed E-state index contributed by atoms with van der Waals surface area (Å²) in [6.07, 6.45) is -0.321. The molecule has 0 aliphatic heterocycles. The van der Waals surface area contributed by atoms with Gasteiger partial charge in [0.15, 0.2) is 0 Å². The van der Waals surface area contributed by atoms with E-state index in [-0.39, 0.29) is 18.9 Å². The summed E-state index contributed by atoms with van der Waals surface area (Å²) in [7, 11) is 4.44. The van der Waals surface area contributed by atoms with Crippen molar-refractivity contribution in [1.82, 2.24) is 10.2 Å². The van der Waals surface area contributed by atoms with E-state index in [9.17, 15) is 14.4 Å². The van der Waals surface area contributed by atoms with Gasteiger partial charge >= 0.3 is 5.97 Å². The van der Waals surface area contributed by atoms with Crippen molar-refractivity contribution in [2.45, 2.75) is 19.4 Å². The number of rotatable bonds is 8. The van der Waals surface area contributed by atoms with Gasteiger partial charge in [-0.15, -0.1) is 0 Å². The molecule has 0 aliphatic carbocycles. The molecule has 0 spiro atoms. The topological polar surface area (TPSA) is 105 Å². The molecule has 0 heterocycles. The van der Waals surface area contributed by atoms with Gasteiger partial charge in [0.2, 0.25) is 11.8 Å². The lowest BCUT2D eigenvalue weighted by Crippen LogP contribution is -2.39. The summed E-state index contributed by atoms with van der Waals surface area (Å²) in [5, 5.41) is 11.7. The minimum Gasteiger partial charge on any atom is -0.497 e. The number of amides is 2. The molecule has 0 aliphatic rings. The Hall–Kier alpha value is -2.77. The van der Waals surface area contributed by atoms with Gasteiger partial charge in [-0.1, -0.05) is 0 Å². The van der Waals surface area contributed by atoms with Gasteiger partial charge in [0.05, 0.1) is 33.2 Å². The second kappa shape index (κ2) is 8.76. The predicted molar refractivity (Wildman–Crippen MR) is 86.0 cm³/mol. The fourth-order valence-corrected chi connectivity index (χ4v) is 2.09. The van der Waals surface area contributed by atoms with Gasteiger partial charge in [-0.3, -0.25) is 14.4 Å². The first-order valence-corrected chi connectivity index (χ1v) is 7.23. The Kier molecular flexibility index (Phi) is 7.03. The highest BCUT2D eigenvalue weighted by molar-refractivity contribution is 5.84. The van der Waals surface area contributed by atoms with Gasteiger partial charge in [-0.05, 0) is 12.1 Å². The Balaban J connectivity index is 3.03. The molecule has 1 aromatic carbocycles. The van der Waals surface area contributed by atoms with Gasteiger partial charge in [0.25, 0.3) is 0 Å². The quantitative estimate of drug-likeness (QED) is 0.727. The molecule has 1 rings (SSSR count). The van der Waals surface area contributed by atoms with Gasteiger partial charge in [-0.2, -0.15) is 0 Å². The minimum absolute atomic E-state index is 0.163. The first-order valence-electron chi connectivity index (χ1n) is 7.23. The zero-order valence-electron chi connectivity index (χ0n) is 14.2. The Bertz CT molecular complexity index is 617. The largest absolute Gasteiger partial charge is 0.497 e. The van der Waals surface area contributed by atoms with Crippen LogP contribution in [0.1, 0.15) is 24.9 Å². The molecule has 1 aromatic rings. The van der Waals surface area contributed by atoms with Crippen molar-refractivity contribution in [3.63, 3.8) is 0 Å². The first-order chi connectivity index (χ1) is 11.3. The molecule has 0 fully saturated rings. The van der Waals surface area contributed by atoms with E-state index < -0.39 is 17.9 Å². The monoisotopic (exact) mass is 338 g/mol. The van der Waals surface area contributed by atoms with E-state index in [1.807, 2.05) is 0 Å². The van der Waals surface area contributed by atoms with Crippen LogP contribution in [0, 0.1) is 0 Å². The number of methoxy groups -OCH3 is 2. The SMILES string of the molecule is COc1ccc(C(CC(=O)O)NC(=O)CN(C)C(C)=O)c(OC)c1. The van der Waals surface area contributed by atoms with Crippen LogP contribution in [-0.2, 0) is 14.4 Å². The van der Waals surface area contributed by atoms with Crippen molar-refractivity contribution < 1.29 is 29.0 Å². The van der Waals surface area contributed by atoms with Crippen LogP contribution in [-0.4, -0.2) is 55.6 Å². The molecule has 1 unspecified atom stereocenters. The lowest BCUT2D eigenvalue weighted by Gasteiger charge is -2.22. The molecule has 8 nitrogen and oxygen atoms in total. The third-order valence-corrected chi connectivity index (χ3v) is 3.45. The standard InChI is InChI=1S/C16H22N2O6/c1-10(19)18(2)9-15(20)17-13(8-16(21)22)12-6-5-11(23-3)7-14(12)24-4/h5-7,13H,8-9H2,1-4H3,(H,17,20)(H,21,22). The lowest BCUT2D eigenvalue weighted by atomic mass is 10.0. The van der Waals surface area contributed by atoms with Gasteiger partial charge in [0, 0.05) is 25.6 Å². The maximum atomic E-state index is 12.1. The van der Waals surface area contributed by atoms with Crippen molar-refractivity contribution in [1.29, 1.82) is 0 Å². The fraction of sp³-hybridized carbons (Fsp3) is 0.438. The summed E-state index contributed by atoms with van der Waals surface area (Å²) in [4.78, 5) is 35.7. The summed E-state index contributed by atoms with van der Waals surface area (Å²) >= 11 is 0. The van der Waals surface area contributed by atoms with E-state index in [0.29, 0.717) is 17.1 Å². The molecule has 2 N–H and O–H groups in total. The Labute approximate surface area is 140 Å². The van der Waals surface area contributed by atoms with E-state index in [0.717, 1.165) is 0 Å². The average molecular weight is 338 g/mol. The Morgan fingerprint density at radius 2 is 1.92 bits per heavy atom. The summed E-state index contributed by atoms with van der Waals surface area (Å²) in [5.41, 5.74) is 0.513. The Morgan fingerprint density at radius 1 is 1.25 bits per heavy atom. The van der Waals surface area contributed by atoms with Crippen molar-refractivity contribution in [2.75, 3.05) is 27.8 Å². The number of hydrogen-bond acceptors (Lipinski definition) is 5. The molecule has 0 radical (unpaired) electrons. The molecule has 0 aromatic heterocycles. The molecular formula is C16H22N2O6. The smallest absolute Gasteiger partial charge is 0.305 e. The first kappa shape index (κ1) is 19.3. The molecule has 132 valence electrons. The maximum absolute atomic E-state index is 12.1. The number of carbonyl (C=O) groups is 3. The Morgan fingerprint density at radius 3 is 2.42 bits per heavy atom. The number of nitrogens with zero attached hydrogens (tertiary/aromatic N) is 1. The molecule has 1 atom stereocenters. The van der Waals surface area contributed by atoms with Crippen LogP contribution in [0.2, 0.25) is 0 Å². The van der Waals surface area contributed by atoms with Crippen molar-refractivity contribution in [2.24, 2.45) is 0 Å². The van der Waals surface area contributed by atoms with Crippen LogP contribution < -0.4 is 14.8 Å². The number of carbonyl (C=O) groups excluding carboxylic acids is 2. The van der Waals surface area contributed by atoms with Crippen molar-refractivity contribution in [3.05, 3.63) is 23.8 Å². The van der Waals surface area contributed by atoms with Crippen LogP contribution in [0.5, 0.6) is 11.5 Å². The van der Waals surface area contributed by atoms with E-state index >= 15 is 0 Å². The van der Waals surface area contributed by atoms with Crippen molar-refractivity contribution >= 4 is 17.8 Å². The second-order valence-electron chi connectivity index (χ2n) is 5.20. The van der Waals surface area contributed by atoms with E-state index in [2.05, 4.69) is 5.32 Å². The van der Waals surface area contributed by atoms with Gasteiger partial charge < -0.3 is 24.8 Å². The average Bonchev–Trinajstić information content (AvgIpc) is 2.52. The highest BCUT2D eigenvalue weighted by atomic mass is 16.5. The van der Waals surface area contributed by atoms with Crippen LogP contribution in [0.15, 0.2) is 18.2 Å². The summed E-state index contributed by atoms with van der Waals surface area (Å²) in [6.45, 7) is 1.18. The van der Waals surface area contributed by atoms with Crippen LogP contribution in [0.4, 0.5) is 0 Å². The lowest BCUT2D eigenvalue weighted by molar-refractivity contribution is -0.138. The van der Waals surface area contributed by atoms with Gasteiger partial charge in [-0.25, -0.2) is 0 Å². The van der Waals surface area contributed by atoms with E-state index in [1.165, 1.54) is 33.1 Å². The molecule has 2 amide bonds. The number of carboxylic acid groups (broad SMARTS) is 1. The van der Waals surface area contributed by atoms with Crippen LogP contribution in [0.3, 0.4) is 0 Å². The zero-order valence-corrected chi connectivity index (χ0v) is 14.2. The third kappa shape index (κ3) is 5.45. The molecule has 0 saturated heterocycles. The number of nitrogens with one attached hydrogen (secondary N) is 1. The van der Waals surface area contributed by atoms with E-state index in [4.69, 9.17) is 14.6 Å². The second-order valence-corrected chi connectivity index (χ2v) is 5.20. The minimum atomic E-state index is -1.07.